The van der Waals surface area contributed by atoms with E-state index in [-0.39, 0.29) is 11.8 Å². The largest absolute Gasteiger partial charge is 0.368 e. The third-order valence-corrected chi connectivity index (χ3v) is 7.69. The molecular formula is C27H26ClN3O2S. The summed E-state index contributed by atoms with van der Waals surface area (Å²) in [5.74, 6) is 0.404. The van der Waals surface area contributed by atoms with Crippen LogP contribution in [0.25, 0.3) is 0 Å². The second kappa shape index (κ2) is 10.1. The van der Waals surface area contributed by atoms with Gasteiger partial charge in [-0.2, -0.15) is 0 Å². The van der Waals surface area contributed by atoms with Gasteiger partial charge in [0.05, 0.1) is 11.3 Å². The molecule has 0 unspecified atom stereocenters. The molecule has 0 saturated carbocycles. The molecule has 0 spiro atoms. The molecule has 34 heavy (non-hydrogen) atoms. The normalized spacial score (nSPS) is 15.4. The smallest absolute Gasteiger partial charge is 0.255 e. The van der Waals surface area contributed by atoms with Crippen LogP contribution in [0.3, 0.4) is 0 Å². The predicted octanol–water partition coefficient (Wildman–Crippen LogP) is 4.98. The van der Waals surface area contributed by atoms with Crippen LogP contribution in [0, 0.1) is 0 Å². The van der Waals surface area contributed by atoms with Crippen molar-refractivity contribution in [2.24, 2.45) is 0 Å². The molecule has 0 N–H and O–H groups in total. The van der Waals surface area contributed by atoms with Crippen molar-refractivity contribution in [2.75, 3.05) is 48.3 Å². The number of thioether (sulfide) groups is 1. The molecular weight excluding hydrogens is 466 g/mol. The molecule has 7 heteroatoms. The number of fused-ring (bicyclic) bond motifs is 1. The first kappa shape index (κ1) is 22.8. The van der Waals surface area contributed by atoms with Gasteiger partial charge >= 0.3 is 0 Å². The van der Waals surface area contributed by atoms with Crippen molar-refractivity contribution in [1.82, 2.24) is 4.90 Å². The maximum atomic E-state index is 13.4. The molecule has 2 aliphatic heterocycles. The summed E-state index contributed by atoms with van der Waals surface area (Å²) < 4.78 is 0. The summed E-state index contributed by atoms with van der Waals surface area (Å²) in [5, 5.41) is 0.717. The van der Waals surface area contributed by atoms with E-state index in [1.165, 1.54) is 17.3 Å². The summed E-state index contributed by atoms with van der Waals surface area (Å²) in [6.07, 6.45) is 0.892. The Morgan fingerprint density at radius 1 is 0.853 bits per heavy atom. The Kier molecular flexibility index (Phi) is 6.79. The third-order valence-electron chi connectivity index (χ3n) is 6.40. The van der Waals surface area contributed by atoms with Gasteiger partial charge < -0.3 is 14.7 Å². The van der Waals surface area contributed by atoms with E-state index in [1.807, 2.05) is 76.5 Å². The van der Waals surface area contributed by atoms with Crippen molar-refractivity contribution in [3.05, 3.63) is 88.9 Å². The number of amides is 2. The Bertz CT molecular complexity index is 1210. The number of carbonyl (C=O) groups excluding carboxylic acids is 2. The van der Waals surface area contributed by atoms with Gasteiger partial charge in [-0.15, -0.1) is 11.8 Å². The number of rotatable bonds is 5. The lowest BCUT2D eigenvalue weighted by atomic mass is 10.1. The Morgan fingerprint density at radius 3 is 2.44 bits per heavy atom. The minimum atomic E-state index is 0.0211. The van der Waals surface area contributed by atoms with E-state index in [0.717, 1.165) is 42.3 Å². The fourth-order valence-corrected chi connectivity index (χ4v) is 5.70. The number of carbonyl (C=O) groups is 2. The number of hydrogen-bond donors (Lipinski definition) is 0. The average molecular weight is 492 g/mol. The summed E-state index contributed by atoms with van der Waals surface area (Å²) in [6.45, 7) is 3.53. The van der Waals surface area contributed by atoms with Crippen molar-refractivity contribution in [1.29, 1.82) is 0 Å². The lowest BCUT2D eigenvalue weighted by molar-refractivity contribution is -0.116. The standard InChI is InChI=1S/C27H26ClN3O2S/c28-21-7-5-8-22(18-21)29-14-16-30(17-15-29)27(33)23-9-2-4-11-25(23)34-19-26(32)31-13-12-20-6-1-3-10-24(20)31/h1-11,18H,12-17,19H2. The number of hydrogen-bond acceptors (Lipinski definition) is 4. The highest BCUT2D eigenvalue weighted by molar-refractivity contribution is 8.00. The van der Waals surface area contributed by atoms with Gasteiger partial charge in [-0.1, -0.05) is 48.0 Å². The lowest BCUT2D eigenvalue weighted by Gasteiger charge is -2.36. The molecule has 0 radical (unpaired) electrons. The van der Waals surface area contributed by atoms with Crippen LogP contribution in [0.4, 0.5) is 11.4 Å². The lowest BCUT2D eigenvalue weighted by Crippen LogP contribution is -2.48. The number of para-hydroxylation sites is 1. The molecule has 2 amide bonds. The molecule has 2 heterocycles. The Hall–Kier alpha value is -2.96. The van der Waals surface area contributed by atoms with Gasteiger partial charge in [0, 0.05) is 54.0 Å². The van der Waals surface area contributed by atoms with E-state index >= 15 is 0 Å². The third kappa shape index (κ3) is 4.79. The van der Waals surface area contributed by atoms with E-state index in [9.17, 15) is 9.59 Å². The van der Waals surface area contributed by atoms with Crippen molar-refractivity contribution in [3.63, 3.8) is 0 Å². The van der Waals surface area contributed by atoms with Crippen LogP contribution in [0.2, 0.25) is 5.02 Å². The summed E-state index contributed by atoms with van der Waals surface area (Å²) in [5.41, 5.74) is 3.97. The van der Waals surface area contributed by atoms with E-state index in [1.54, 1.807) is 0 Å². The quantitative estimate of drug-likeness (QED) is 0.472. The van der Waals surface area contributed by atoms with Gasteiger partial charge in [0.15, 0.2) is 0 Å². The topological polar surface area (TPSA) is 43.9 Å². The molecule has 0 aliphatic carbocycles. The molecule has 174 valence electrons. The van der Waals surface area contributed by atoms with Gasteiger partial charge in [0.2, 0.25) is 5.91 Å². The van der Waals surface area contributed by atoms with E-state index < -0.39 is 0 Å². The van der Waals surface area contributed by atoms with E-state index in [0.29, 0.717) is 29.4 Å². The number of piperazine rings is 1. The Balaban J connectivity index is 1.22. The fourth-order valence-electron chi connectivity index (χ4n) is 4.59. The minimum absolute atomic E-state index is 0.0211. The zero-order valence-electron chi connectivity index (χ0n) is 18.8. The Labute approximate surface area is 209 Å². The molecule has 2 aliphatic rings. The minimum Gasteiger partial charge on any atom is -0.368 e. The number of anilines is 2. The SMILES string of the molecule is O=C(c1ccccc1SCC(=O)N1CCc2ccccc21)N1CCN(c2cccc(Cl)c2)CC1. The monoisotopic (exact) mass is 491 g/mol. The van der Waals surface area contributed by atoms with Gasteiger partial charge in [0.25, 0.3) is 5.91 Å². The van der Waals surface area contributed by atoms with Crippen LogP contribution in [0.5, 0.6) is 0 Å². The summed E-state index contributed by atoms with van der Waals surface area (Å²) in [6, 6.07) is 23.5. The highest BCUT2D eigenvalue weighted by Gasteiger charge is 2.26. The first-order valence-electron chi connectivity index (χ1n) is 11.5. The highest BCUT2D eigenvalue weighted by atomic mass is 35.5. The van der Waals surface area contributed by atoms with Crippen LogP contribution < -0.4 is 9.80 Å². The second-order valence-corrected chi connectivity index (χ2v) is 9.92. The van der Waals surface area contributed by atoms with Crippen LogP contribution in [-0.2, 0) is 11.2 Å². The summed E-state index contributed by atoms with van der Waals surface area (Å²) >= 11 is 7.58. The molecule has 0 bridgehead atoms. The summed E-state index contributed by atoms with van der Waals surface area (Å²) in [4.78, 5) is 33.2. The molecule has 0 atom stereocenters. The molecule has 5 rings (SSSR count). The first-order valence-corrected chi connectivity index (χ1v) is 12.9. The predicted molar refractivity (Wildman–Crippen MR) is 139 cm³/mol. The molecule has 5 nitrogen and oxygen atoms in total. The van der Waals surface area contributed by atoms with E-state index in [4.69, 9.17) is 11.6 Å². The average Bonchev–Trinajstić information content (AvgIpc) is 3.31. The maximum absolute atomic E-state index is 13.4. The van der Waals surface area contributed by atoms with Crippen LogP contribution in [-0.4, -0.2) is 55.2 Å². The fraction of sp³-hybridized carbons (Fsp3) is 0.259. The van der Waals surface area contributed by atoms with Gasteiger partial charge in [-0.05, 0) is 48.4 Å². The van der Waals surface area contributed by atoms with Crippen molar-refractivity contribution >= 4 is 46.6 Å². The van der Waals surface area contributed by atoms with Crippen LogP contribution in [0.15, 0.2) is 77.7 Å². The molecule has 3 aromatic carbocycles. The van der Waals surface area contributed by atoms with Crippen LogP contribution >= 0.6 is 23.4 Å². The molecule has 0 aromatic heterocycles. The Morgan fingerprint density at radius 2 is 1.62 bits per heavy atom. The number of halogens is 1. The van der Waals surface area contributed by atoms with Gasteiger partial charge in [0.1, 0.15) is 0 Å². The molecule has 1 saturated heterocycles. The van der Waals surface area contributed by atoms with Crippen molar-refractivity contribution < 1.29 is 9.59 Å². The summed E-state index contributed by atoms with van der Waals surface area (Å²) in [7, 11) is 0. The van der Waals surface area contributed by atoms with E-state index in [2.05, 4.69) is 11.0 Å². The van der Waals surface area contributed by atoms with Gasteiger partial charge in [-0.25, -0.2) is 0 Å². The molecule has 3 aromatic rings. The zero-order valence-corrected chi connectivity index (χ0v) is 20.4. The van der Waals surface area contributed by atoms with Crippen LogP contribution in [0.1, 0.15) is 15.9 Å². The zero-order chi connectivity index (χ0) is 23.5. The van der Waals surface area contributed by atoms with Crippen molar-refractivity contribution in [3.8, 4) is 0 Å². The number of benzene rings is 3. The maximum Gasteiger partial charge on any atom is 0.255 e. The van der Waals surface area contributed by atoms with Crippen molar-refractivity contribution in [2.45, 2.75) is 11.3 Å². The molecule has 1 fully saturated rings. The number of nitrogens with zero attached hydrogens (tertiary/aromatic N) is 3. The first-order chi connectivity index (χ1) is 16.6. The second-order valence-electron chi connectivity index (χ2n) is 8.47. The highest BCUT2D eigenvalue weighted by Crippen LogP contribution is 2.30. The van der Waals surface area contributed by atoms with Gasteiger partial charge in [-0.3, -0.25) is 9.59 Å².